The summed E-state index contributed by atoms with van der Waals surface area (Å²) in [5.41, 5.74) is 0.956. The Hall–Kier alpha value is -2.24. The number of hydrogen-bond donors (Lipinski definition) is 0. The van der Waals surface area contributed by atoms with Crippen LogP contribution in [-0.2, 0) is 4.79 Å². The largest absolute Gasteiger partial charge is 0.343 e. The summed E-state index contributed by atoms with van der Waals surface area (Å²) < 4.78 is 1.89. The van der Waals surface area contributed by atoms with Gasteiger partial charge in [-0.3, -0.25) is 9.36 Å². The molecule has 0 radical (unpaired) electrons. The van der Waals surface area contributed by atoms with Gasteiger partial charge >= 0.3 is 0 Å². The van der Waals surface area contributed by atoms with E-state index in [0.717, 1.165) is 43.3 Å². The van der Waals surface area contributed by atoms with Crippen LogP contribution < -0.4 is 0 Å². The number of hydrogen-bond acceptors (Lipinski definition) is 4. The van der Waals surface area contributed by atoms with Gasteiger partial charge in [0.15, 0.2) is 0 Å². The summed E-state index contributed by atoms with van der Waals surface area (Å²) in [7, 11) is 0. The molecule has 0 aromatic carbocycles. The van der Waals surface area contributed by atoms with Gasteiger partial charge in [0.25, 0.3) is 0 Å². The molecule has 1 saturated heterocycles. The van der Waals surface area contributed by atoms with Gasteiger partial charge < -0.3 is 4.90 Å². The van der Waals surface area contributed by atoms with Crippen LogP contribution in [0.2, 0.25) is 0 Å². The molecule has 2 aromatic rings. The average Bonchev–Trinajstić information content (AvgIpc) is 3.01. The van der Waals surface area contributed by atoms with Gasteiger partial charge in [-0.1, -0.05) is 0 Å². The zero-order valence-electron chi connectivity index (χ0n) is 12.4. The number of nitrogens with zero attached hydrogens (tertiary/aromatic N) is 5. The van der Waals surface area contributed by atoms with Crippen molar-refractivity contribution in [1.82, 2.24) is 24.4 Å². The third-order valence-corrected chi connectivity index (χ3v) is 3.93. The fraction of sp³-hybridized carbons (Fsp3) is 0.467. The fourth-order valence-electron chi connectivity index (χ4n) is 2.74. The highest BCUT2D eigenvalue weighted by Crippen LogP contribution is 2.26. The highest BCUT2D eigenvalue weighted by molar-refractivity contribution is 5.73. The molecule has 110 valence electrons. The predicted octanol–water partition coefficient (Wildman–Crippen LogP) is 1.70. The lowest BCUT2D eigenvalue weighted by Gasteiger charge is -2.30. The molecule has 0 spiro atoms. The van der Waals surface area contributed by atoms with Crippen molar-refractivity contribution in [2.24, 2.45) is 0 Å². The van der Waals surface area contributed by atoms with Crippen molar-refractivity contribution in [2.45, 2.75) is 32.6 Å². The van der Waals surface area contributed by atoms with Gasteiger partial charge in [-0.25, -0.2) is 15.0 Å². The number of carbonyl (C=O) groups is 1. The molecular formula is C15H19N5O. The molecule has 6 heteroatoms. The number of aromatic nitrogens is 4. The Morgan fingerprint density at radius 1 is 1.29 bits per heavy atom. The van der Waals surface area contributed by atoms with E-state index in [0.29, 0.717) is 5.92 Å². The predicted molar refractivity (Wildman–Crippen MR) is 78.1 cm³/mol. The zero-order chi connectivity index (χ0) is 14.8. The topological polar surface area (TPSA) is 63.9 Å². The molecule has 21 heavy (non-hydrogen) atoms. The number of aryl methyl sites for hydroxylation is 1. The van der Waals surface area contributed by atoms with Crippen LogP contribution in [-0.4, -0.2) is 43.4 Å². The lowest BCUT2D eigenvalue weighted by Crippen LogP contribution is -2.36. The summed E-state index contributed by atoms with van der Waals surface area (Å²) in [4.78, 5) is 26.6. The normalized spacial score (nSPS) is 16.2. The lowest BCUT2D eigenvalue weighted by molar-refractivity contribution is -0.129. The van der Waals surface area contributed by atoms with Gasteiger partial charge in [-0.05, 0) is 19.8 Å². The Bertz CT molecular complexity index is 630. The smallest absolute Gasteiger partial charge is 0.219 e. The SMILES string of the molecule is CC(=O)N1CCC(c2nc(C)cc(-n3ccnc3)n2)CC1. The van der Waals surface area contributed by atoms with Gasteiger partial charge in [-0.15, -0.1) is 0 Å². The molecule has 2 aromatic heterocycles. The number of imidazole rings is 1. The minimum atomic E-state index is 0.151. The van der Waals surface area contributed by atoms with Crippen molar-refractivity contribution >= 4 is 5.91 Å². The van der Waals surface area contributed by atoms with Gasteiger partial charge in [0.2, 0.25) is 5.91 Å². The van der Waals surface area contributed by atoms with E-state index in [1.165, 1.54) is 0 Å². The molecule has 0 bridgehead atoms. The summed E-state index contributed by atoms with van der Waals surface area (Å²) in [5.74, 6) is 2.20. The van der Waals surface area contributed by atoms with E-state index in [1.54, 1.807) is 19.4 Å². The molecule has 1 amide bonds. The molecule has 0 atom stereocenters. The molecule has 3 rings (SSSR count). The average molecular weight is 285 g/mol. The molecule has 3 heterocycles. The van der Waals surface area contributed by atoms with E-state index in [2.05, 4.69) is 15.0 Å². The quantitative estimate of drug-likeness (QED) is 0.842. The number of likely N-dealkylation sites (tertiary alicyclic amines) is 1. The van der Waals surface area contributed by atoms with Crippen LogP contribution in [0.4, 0.5) is 0 Å². The molecule has 6 nitrogen and oxygen atoms in total. The molecule has 0 N–H and O–H groups in total. The third-order valence-electron chi connectivity index (χ3n) is 3.93. The second-order valence-electron chi connectivity index (χ2n) is 5.48. The van der Waals surface area contributed by atoms with Gasteiger partial charge in [0.1, 0.15) is 18.0 Å². The van der Waals surface area contributed by atoms with Gasteiger partial charge in [-0.2, -0.15) is 0 Å². The zero-order valence-corrected chi connectivity index (χ0v) is 12.4. The first kappa shape index (κ1) is 13.7. The second-order valence-corrected chi connectivity index (χ2v) is 5.48. The molecule has 0 unspecified atom stereocenters. The van der Waals surface area contributed by atoms with Crippen LogP contribution in [0.1, 0.15) is 37.2 Å². The molecule has 0 saturated carbocycles. The summed E-state index contributed by atoms with van der Waals surface area (Å²) in [6.45, 7) is 5.19. The Morgan fingerprint density at radius 3 is 2.67 bits per heavy atom. The Kier molecular flexibility index (Phi) is 3.68. The monoisotopic (exact) mass is 285 g/mol. The maximum absolute atomic E-state index is 11.4. The van der Waals surface area contributed by atoms with Crippen LogP contribution in [0, 0.1) is 6.92 Å². The maximum atomic E-state index is 11.4. The maximum Gasteiger partial charge on any atom is 0.219 e. The summed E-state index contributed by atoms with van der Waals surface area (Å²) in [6.07, 6.45) is 7.20. The lowest BCUT2D eigenvalue weighted by atomic mass is 9.96. The van der Waals surface area contributed by atoms with E-state index >= 15 is 0 Å². The van der Waals surface area contributed by atoms with Crippen molar-refractivity contribution in [2.75, 3.05) is 13.1 Å². The summed E-state index contributed by atoms with van der Waals surface area (Å²) in [6, 6.07) is 1.95. The molecule has 1 aliphatic rings. The van der Waals surface area contributed by atoms with E-state index < -0.39 is 0 Å². The number of carbonyl (C=O) groups excluding carboxylic acids is 1. The van der Waals surface area contributed by atoms with Gasteiger partial charge in [0, 0.05) is 50.1 Å². The van der Waals surface area contributed by atoms with E-state index in [1.807, 2.05) is 28.7 Å². The van der Waals surface area contributed by atoms with Crippen molar-refractivity contribution < 1.29 is 4.79 Å². The minimum Gasteiger partial charge on any atom is -0.343 e. The van der Waals surface area contributed by atoms with Crippen LogP contribution in [0.5, 0.6) is 0 Å². The Labute approximate surface area is 123 Å². The molecule has 0 aliphatic carbocycles. The molecule has 1 aliphatic heterocycles. The Balaban J connectivity index is 1.82. The van der Waals surface area contributed by atoms with Gasteiger partial charge in [0.05, 0.1) is 0 Å². The van der Waals surface area contributed by atoms with E-state index in [9.17, 15) is 4.79 Å². The van der Waals surface area contributed by atoms with E-state index in [-0.39, 0.29) is 5.91 Å². The first-order valence-corrected chi connectivity index (χ1v) is 7.23. The molecular weight excluding hydrogens is 266 g/mol. The highest BCUT2D eigenvalue weighted by Gasteiger charge is 2.24. The van der Waals surface area contributed by atoms with Crippen LogP contribution in [0.3, 0.4) is 0 Å². The number of amides is 1. The minimum absolute atomic E-state index is 0.151. The van der Waals surface area contributed by atoms with Crippen molar-refractivity contribution in [1.29, 1.82) is 0 Å². The first-order chi connectivity index (χ1) is 10.1. The van der Waals surface area contributed by atoms with Crippen LogP contribution in [0.15, 0.2) is 24.8 Å². The Morgan fingerprint density at radius 2 is 2.05 bits per heavy atom. The van der Waals surface area contributed by atoms with Crippen LogP contribution in [0.25, 0.3) is 5.82 Å². The number of rotatable bonds is 2. The molecule has 1 fully saturated rings. The second kappa shape index (κ2) is 5.63. The highest BCUT2D eigenvalue weighted by atomic mass is 16.2. The number of piperidine rings is 1. The van der Waals surface area contributed by atoms with Crippen LogP contribution >= 0.6 is 0 Å². The standard InChI is InChI=1S/C15H19N5O/c1-11-9-14(20-8-5-16-10-20)18-15(17-11)13-3-6-19(7-4-13)12(2)21/h5,8-10,13H,3-4,6-7H2,1-2H3. The fourth-order valence-corrected chi connectivity index (χ4v) is 2.74. The summed E-state index contributed by atoms with van der Waals surface area (Å²) in [5, 5.41) is 0. The van der Waals surface area contributed by atoms with E-state index in [4.69, 9.17) is 0 Å². The first-order valence-electron chi connectivity index (χ1n) is 7.23. The summed E-state index contributed by atoms with van der Waals surface area (Å²) >= 11 is 0. The van der Waals surface area contributed by atoms with Crippen molar-refractivity contribution in [3.8, 4) is 5.82 Å². The third kappa shape index (κ3) is 2.94. The van der Waals surface area contributed by atoms with Crippen molar-refractivity contribution in [3.05, 3.63) is 36.3 Å². The van der Waals surface area contributed by atoms with Crippen molar-refractivity contribution in [3.63, 3.8) is 0 Å².